The molecule has 4 aliphatic rings. The number of aliphatic hydroxyl groups is 1. The first kappa shape index (κ1) is 24.0. The van der Waals surface area contributed by atoms with Crippen molar-refractivity contribution in [2.45, 2.75) is 104 Å². The first-order valence-corrected chi connectivity index (χ1v) is 13.3. The van der Waals surface area contributed by atoms with Crippen LogP contribution in [0.5, 0.6) is 0 Å². The average Bonchev–Trinajstić information content (AvgIpc) is 3.11. The van der Waals surface area contributed by atoms with Gasteiger partial charge in [-0.2, -0.15) is 0 Å². The van der Waals surface area contributed by atoms with Crippen molar-refractivity contribution in [3.05, 3.63) is 5.57 Å². The van der Waals surface area contributed by atoms with E-state index in [1.54, 1.807) is 0 Å². The second-order valence-corrected chi connectivity index (χ2v) is 12.6. The summed E-state index contributed by atoms with van der Waals surface area (Å²) in [6, 6.07) is 0. The van der Waals surface area contributed by atoms with Crippen LogP contribution < -0.4 is 0 Å². The summed E-state index contributed by atoms with van der Waals surface area (Å²) in [5.41, 5.74) is 1.39. The second-order valence-electron chi connectivity index (χ2n) is 12.6. The Hall–Kier alpha value is -1.12. The van der Waals surface area contributed by atoms with Crippen LogP contribution in [-0.2, 0) is 9.59 Å². The highest BCUT2D eigenvalue weighted by Crippen LogP contribution is 2.68. The van der Waals surface area contributed by atoms with Gasteiger partial charge in [0.2, 0.25) is 0 Å². The fourth-order valence-electron chi connectivity index (χ4n) is 9.26. The second kappa shape index (κ2) is 8.91. The van der Waals surface area contributed by atoms with Crippen LogP contribution in [0.4, 0.5) is 0 Å². The molecule has 1 unspecified atom stereocenters. The topological polar surface area (TPSA) is 74.6 Å². The summed E-state index contributed by atoms with van der Waals surface area (Å²) in [5, 5.41) is 20.4. The number of hydrogen-bond donors (Lipinski definition) is 2. The van der Waals surface area contributed by atoms with E-state index >= 15 is 0 Å². The monoisotopic (exact) mass is 444 g/mol. The first-order valence-electron chi connectivity index (χ1n) is 13.3. The Balaban J connectivity index is 1.46. The molecule has 2 N–H and O–H groups in total. The van der Waals surface area contributed by atoms with Crippen molar-refractivity contribution in [1.82, 2.24) is 0 Å². The number of carbonyl (C=O) groups excluding carboxylic acids is 1. The number of aliphatic carboxylic acids is 1. The molecule has 0 radical (unpaired) electrons. The van der Waals surface area contributed by atoms with Crippen molar-refractivity contribution in [3.63, 3.8) is 0 Å². The lowest BCUT2D eigenvalue weighted by molar-refractivity contribution is -0.153. The van der Waals surface area contributed by atoms with Crippen molar-refractivity contribution in [3.8, 4) is 0 Å². The van der Waals surface area contributed by atoms with Crippen molar-refractivity contribution in [1.29, 1.82) is 0 Å². The SMILES string of the molecule is CC(CCC[C@@H](C)[C@H]1CC[C@H]2[C@@H]3C[C@H](O)[C@@H]4CC(=C=O)CC[C@]4(C)[C@H]3CC[C@]12C)C(=O)O. The van der Waals surface area contributed by atoms with E-state index in [9.17, 15) is 19.8 Å². The number of carboxylic acid groups (broad SMARTS) is 1. The van der Waals surface area contributed by atoms with Gasteiger partial charge in [0.05, 0.1) is 12.0 Å². The number of allylic oxidation sites excluding steroid dienone is 1. The highest BCUT2D eigenvalue weighted by molar-refractivity contribution is 5.69. The van der Waals surface area contributed by atoms with Gasteiger partial charge in [-0.25, -0.2) is 4.79 Å². The van der Waals surface area contributed by atoms with Gasteiger partial charge < -0.3 is 10.2 Å². The smallest absolute Gasteiger partial charge is 0.306 e. The summed E-state index contributed by atoms with van der Waals surface area (Å²) in [4.78, 5) is 22.4. The molecule has 10 atom stereocenters. The first-order chi connectivity index (χ1) is 15.1. The third-order valence-electron chi connectivity index (χ3n) is 11.2. The van der Waals surface area contributed by atoms with Crippen molar-refractivity contribution in [2.24, 2.45) is 52.3 Å². The normalized spacial score (nSPS) is 45.2. The summed E-state index contributed by atoms with van der Waals surface area (Å²) in [7, 11) is 0. The minimum atomic E-state index is -0.676. The molecule has 0 amide bonds. The molecular formula is C28H44O4. The Morgan fingerprint density at radius 3 is 2.47 bits per heavy atom. The third-order valence-corrected chi connectivity index (χ3v) is 11.2. The molecule has 32 heavy (non-hydrogen) atoms. The number of carbonyl (C=O) groups is 1. The van der Waals surface area contributed by atoms with Crippen LogP contribution >= 0.6 is 0 Å². The minimum Gasteiger partial charge on any atom is -0.481 e. The van der Waals surface area contributed by atoms with Crippen LogP contribution in [0.15, 0.2) is 5.57 Å². The molecule has 0 aliphatic heterocycles. The van der Waals surface area contributed by atoms with Gasteiger partial charge in [0.1, 0.15) is 5.94 Å². The van der Waals surface area contributed by atoms with Gasteiger partial charge in [0, 0.05) is 5.57 Å². The Morgan fingerprint density at radius 2 is 1.78 bits per heavy atom. The molecule has 180 valence electrons. The largest absolute Gasteiger partial charge is 0.481 e. The predicted molar refractivity (Wildman–Crippen MR) is 126 cm³/mol. The van der Waals surface area contributed by atoms with Crippen LogP contribution in [0.1, 0.15) is 98.3 Å². The molecule has 0 bridgehead atoms. The molecule has 4 rings (SSSR count). The van der Waals surface area contributed by atoms with E-state index in [-0.39, 0.29) is 23.4 Å². The van der Waals surface area contributed by atoms with Crippen LogP contribution in [0.2, 0.25) is 0 Å². The van der Waals surface area contributed by atoms with Crippen molar-refractivity contribution >= 4 is 11.9 Å². The fraction of sp³-hybridized carbons (Fsp3) is 0.893. The number of fused-ring (bicyclic) bond motifs is 5. The number of carboxylic acids is 1. The zero-order chi connectivity index (χ0) is 23.3. The summed E-state index contributed by atoms with van der Waals surface area (Å²) in [5.74, 6) is 4.80. The molecule has 0 spiro atoms. The summed E-state index contributed by atoms with van der Waals surface area (Å²) in [6.45, 7) is 9.18. The maximum Gasteiger partial charge on any atom is 0.306 e. The number of rotatable bonds is 6. The van der Waals surface area contributed by atoms with Crippen LogP contribution in [-0.4, -0.2) is 28.2 Å². The maximum absolute atomic E-state index is 11.3. The summed E-state index contributed by atoms with van der Waals surface area (Å²) >= 11 is 0. The zero-order valence-electron chi connectivity index (χ0n) is 20.6. The molecule has 4 heteroatoms. The van der Waals surface area contributed by atoms with Gasteiger partial charge in [-0.05, 0) is 104 Å². The fourth-order valence-corrected chi connectivity index (χ4v) is 9.26. The molecule has 0 aromatic heterocycles. The van der Waals surface area contributed by atoms with Gasteiger partial charge in [-0.3, -0.25) is 4.79 Å². The third kappa shape index (κ3) is 3.90. The molecular weight excluding hydrogens is 400 g/mol. The Morgan fingerprint density at radius 1 is 1.06 bits per heavy atom. The van der Waals surface area contributed by atoms with Gasteiger partial charge in [0.15, 0.2) is 0 Å². The van der Waals surface area contributed by atoms with Gasteiger partial charge in [-0.15, -0.1) is 0 Å². The van der Waals surface area contributed by atoms with Crippen molar-refractivity contribution in [2.75, 3.05) is 0 Å². The Labute approximate surface area is 194 Å². The summed E-state index contributed by atoms with van der Waals surface area (Å²) in [6.07, 6.45) is 11.3. The van der Waals surface area contributed by atoms with Crippen molar-refractivity contribution < 1.29 is 19.8 Å². The minimum absolute atomic E-state index is 0.153. The molecule has 0 heterocycles. The van der Waals surface area contributed by atoms with Gasteiger partial charge in [0.25, 0.3) is 0 Å². The molecule has 0 aromatic rings. The van der Waals surface area contributed by atoms with E-state index in [4.69, 9.17) is 0 Å². The number of hydrogen-bond acceptors (Lipinski definition) is 3. The lowest BCUT2D eigenvalue weighted by Gasteiger charge is -2.62. The van der Waals surface area contributed by atoms with Gasteiger partial charge >= 0.3 is 5.97 Å². The molecule has 4 nitrogen and oxygen atoms in total. The molecule has 4 saturated carbocycles. The average molecular weight is 445 g/mol. The zero-order valence-corrected chi connectivity index (χ0v) is 20.6. The number of aliphatic hydroxyl groups excluding tert-OH is 1. The maximum atomic E-state index is 11.3. The van der Waals surface area contributed by atoms with Crippen LogP contribution in [0.25, 0.3) is 0 Å². The van der Waals surface area contributed by atoms with E-state index in [0.29, 0.717) is 35.0 Å². The van der Waals surface area contributed by atoms with E-state index < -0.39 is 5.97 Å². The van der Waals surface area contributed by atoms with E-state index in [2.05, 4.69) is 26.7 Å². The summed E-state index contributed by atoms with van der Waals surface area (Å²) < 4.78 is 0. The highest BCUT2D eigenvalue weighted by atomic mass is 16.4. The Bertz CT molecular complexity index is 769. The molecule has 4 fully saturated rings. The van der Waals surface area contributed by atoms with Crippen LogP contribution in [0, 0.1) is 52.3 Å². The van der Waals surface area contributed by atoms with Gasteiger partial charge in [-0.1, -0.05) is 40.5 Å². The lowest BCUT2D eigenvalue weighted by atomic mass is 9.43. The Kier molecular flexibility index (Phi) is 6.69. The quantitative estimate of drug-likeness (QED) is 0.500. The standard InChI is InChI=1S/C28H44O4/c1-17(6-5-7-18(2)26(31)32)21-8-9-22-20-15-25(30)24-14-19(16-29)10-12-28(24,4)23(20)11-13-27(21,22)3/h17-18,20-25,30H,5-15H2,1-4H3,(H,31,32)/t17-,18?,20+,21-,22+,23+,24+,25+,27-,28-/m1/s1. The van der Waals surface area contributed by atoms with Crippen LogP contribution in [0.3, 0.4) is 0 Å². The highest BCUT2D eigenvalue weighted by Gasteiger charge is 2.62. The van der Waals surface area contributed by atoms with E-state index in [1.807, 2.05) is 6.92 Å². The van der Waals surface area contributed by atoms with E-state index in [1.165, 1.54) is 25.7 Å². The van der Waals surface area contributed by atoms with E-state index in [0.717, 1.165) is 50.5 Å². The molecule has 4 aliphatic carbocycles. The lowest BCUT2D eigenvalue weighted by Crippen LogP contribution is -2.57. The predicted octanol–water partition coefficient (Wildman–Crippen LogP) is 5.90. The molecule has 0 aromatic carbocycles. The molecule has 0 saturated heterocycles.